The lowest BCUT2D eigenvalue weighted by Gasteiger charge is -2.15. The number of benzene rings is 12. The van der Waals surface area contributed by atoms with Gasteiger partial charge in [-0.05, 0) is 159 Å². The molecule has 0 saturated heterocycles. The number of aromatic nitrogens is 4. The highest BCUT2D eigenvalue weighted by Gasteiger charge is 2.25. The summed E-state index contributed by atoms with van der Waals surface area (Å²) >= 11 is 0. The predicted molar refractivity (Wildman–Crippen MR) is 341 cm³/mol. The number of aromatic amines is 2. The first-order chi connectivity index (χ1) is 39.7. The van der Waals surface area contributed by atoms with E-state index in [9.17, 15) is 0 Å². The highest BCUT2D eigenvalue weighted by Crippen LogP contribution is 2.48. The second kappa shape index (κ2) is 17.4. The molecule has 17 rings (SSSR count). The molecule has 0 amide bonds. The smallest absolute Gasteiger partial charge is 0.0737 e. The van der Waals surface area contributed by atoms with Crippen molar-refractivity contribution >= 4 is 133 Å². The van der Waals surface area contributed by atoms with Gasteiger partial charge in [0.25, 0.3) is 0 Å². The van der Waals surface area contributed by atoms with E-state index in [0.717, 1.165) is 132 Å². The van der Waals surface area contributed by atoms with E-state index < -0.39 is 0 Å². The van der Waals surface area contributed by atoms with E-state index in [2.05, 4.69) is 277 Å². The first kappa shape index (κ1) is 44.4. The van der Waals surface area contributed by atoms with E-state index in [1.54, 1.807) is 0 Å². The third-order valence-electron chi connectivity index (χ3n) is 16.8. The molecule has 0 aliphatic carbocycles. The Kier molecular flexibility index (Phi) is 9.68. The third-order valence-corrected chi connectivity index (χ3v) is 16.8. The molecule has 2 N–H and O–H groups in total. The van der Waals surface area contributed by atoms with Crippen molar-refractivity contribution in [2.45, 2.75) is 0 Å². The van der Waals surface area contributed by atoms with Gasteiger partial charge in [0.1, 0.15) is 0 Å². The minimum Gasteiger partial charge on any atom is -0.354 e. The number of rotatable bonds is 4. The monoisotopic (exact) mass is 1010 g/mol. The summed E-state index contributed by atoms with van der Waals surface area (Å²) in [6, 6.07) is 88.6. The lowest BCUT2D eigenvalue weighted by atomic mass is 9.91. The second-order valence-electron chi connectivity index (χ2n) is 21.3. The minimum absolute atomic E-state index is 0.871. The Balaban J connectivity index is 1.13. The standard InChI is InChI=1S/C76H46N4/c1-9-25-53-45(17-1)41-46-18-2-10-26-54(46)69(53)73-61-33-35-63(77-61)74(70-55-27-11-3-19-47(55)42-48-20-4-12-28-56(48)70)65-37-39-67(79-65)76(72-59-31-15-7-23-51(59)44-52-24-8-16-32-60(52)72)68-40-38-66(80-68)75(64-36-34-62(73)78-64)71-57-29-13-5-21-49(57)43-50-22-6-14-30-58(50)71/h1-44,77,80H. The summed E-state index contributed by atoms with van der Waals surface area (Å²) in [6.07, 6.45) is 8.96. The fraction of sp³-hybridized carbons (Fsp3) is 0. The minimum atomic E-state index is 0.871. The lowest BCUT2D eigenvalue weighted by molar-refractivity contribution is 1.32. The maximum absolute atomic E-state index is 5.94. The average Bonchev–Trinajstić information content (AvgIpc) is 4.44. The quantitative estimate of drug-likeness (QED) is 0.173. The average molecular weight is 1020 g/mol. The van der Waals surface area contributed by atoms with Crippen molar-refractivity contribution in [3.05, 3.63) is 265 Å². The molecule has 2 aliphatic rings. The normalized spacial score (nSPS) is 12.4. The van der Waals surface area contributed by atoms with Crippen LogP contribution in [-0.4, -0.2) is 19.9 Å². The van der Waals surface area contributed by atoms with Crippen molar-refractivity contribution in [2.75, 3.05) is 0 Å². The SMILES string of the molecule is C1=Cc2nc1c(-c1c3ccccc3cc3ccccc13)c1ccc([nH]1)c(-c1c3ccccc3cc3ccccc13)c1nc(c(-c3c4ccccc4cc4ccccc34)c3ccc([nH]3)c2-c2c3ccccc3cc3ccccc23)C=C1. The Morgan fingerprint density at radius 2 is 0.362 bits per heavy atom. The fourth-order valence-corrected chi connectivity index (χ4v) is 13.4. The molecule has 0 radical (unpaired) electrons. The molecule has 0 atom stereocenters. The van der Waals surface area contributed by atoms with Gasteiger partial charge in [-0.3, -0.25) is 0 Å². The van der Waals surface area contributed by atoms with Crippen LogP contribution in [0, 0.1) is 0 Å². The third kappa shape index (κ3) is 6.76. The highest BCUT2D eigenvalue weighted by atomic mass is 14.8. The largest absolute Gasteiger partial charge is 0.354 e. The zero-order chi connectivity index (χ0) is 52.4. The fourth-order valence-electron chi connectivity index (χ4n) is 13.4. The maximum atomic E-state index is 5.94. The van der Waals surface area contributed by atoms with Crippen LogP contribution in [0.15, 0.2) is 243 Å². The van der Waals surface area contributed by atoms with Crippen molar-refractivity contribution in [3.8, 4) is 44.5 Å². The molecule has 4 heteroatoms. The first-order valence-electron chi connectivity index (χ1n) is 27.5. The van der Waals surface area contributed by atoms with Crippen molar-refractivity contribution < 1.29 is 0 Å². The second-order valence-corrected chi connectivity index (χ2v) is 21.3. The van der Waals surface area contributed by atoms with Crippen LogP contribution in [0.5, 0.6) is 0 Å². The summed E-state index contributed by atoms with van der Waals surface area (Å²) in [5.74, 6) is 0. The van der Waals surface area contributed by atoms with E-state index in [0.29, 0.717) is 0 Å². The van der Waals surface area contributed by atoms with Crippen molar-refractivity contribution in [3.63, 3.8) is 0 Å². The van der Waals surface area contributed by atoms with Gasteiger partial charge in [-0.25, -0.2) is 9.97 Å². The highest BCUT2D eigenvalue weighted by molar-refractivity contribution is 6.22. The van der Waals surface area contributed by atoms with Gasteiger partial charge in [-0.15, -0.1) is 0 Å². The number of hydrogen-bond acceptors (Lipinski definition) is 2. The van der Waals surface area contributed by atoms with Gasteiger partial charge in [0.15, 0.2) is 0 Å². The van der Waals surface area contributed by atoms with Crippen LogP contribution in [0.2, 0.25) is 0 Å². The molecular formula is C76H46N4. The van der Waals surface area contributed by atoms with Crippen LogP contribution in [0.25, 0.3) is 177 Å². The van der Waals surface area contributed by atoms with Gasteiger partial charge in [0, 0.05) is 66.6 Å². The summed E-state index contributed by atoms with van der Waals surface area (Å²) in [7, 11) is 0. The molecule has 370 valence electrons. The summed E-state index contributed by atoms with van der Waals surface area (Å²) in [4.78, 5) is 20.2. The van der Waals surface area contributed by atoms with Crippen molar-refractivity contribution in [1.82, 2.24) is 19.9 Å². The number of H-pyrrole nitrogens is 2. The molecule has 5 heterocycles. The van der Waals surface area contributed by atoms with E-state index in [1.807, 2.05) is 0 Å². The molecule has 0 spiro atoms. The van der Waals surface area contributed by atoms with Crippen LogP contribution in [0.4, 0.5) is 0 Å². The molecule has 8 bridgehead atoms. The molecule has 12 aromatic carbocycles. The summed E-state index contributed by atoms with van der Waals surface area (Å²) in [5, 5.41) is 18.6. The van der Waals surface area contributed by atoms with Crippen molar-refractivity contribution in [1.29, 1.82) is 0 Å². The Morgan fingerprint density at radius 3 is 0.550 bits per heavy atom. The van der Waals surface area contributed by atoms with Crippen molar-refractivity contribution in [2.24, 2.45) is 0 Å². The Hall–Kier alpha value is -10.7. The van der Waals surface area contributed by atoms with E-state index in [-0.39, 0.29) is 0 Å². The Labute approximate surface area is 459 Å². The van der Waals surface area contributed by atoms with Gasteiger partial charge in [-0.1, -0.05) is 194 Å². The zero-order valence-electron chi connectivity index (χ0n) is 43.3. The van der Waals surface area contributed by atoms with Crippen LogP contribution < -0.4 is 0 Å². The number of nitrogens with one attached hydrogen (secondary N) is 2. The lowest BCUT2D eigenvalue weighted by Crippen LogP contribution is -1.93. The molecule has 0 saturated carbocycles. The number of fused-ring (bicyclic) bond motifs is 16. The van der Waals surface area contributed by atoms with Gasteiger partial charge in [-0.2, -0.15) is 0 Å². The Bertz CT molecular complexity index is 4550. The van der Waals surface area contributed by atoms with E-state index in [1.165, 1.54) is 43.1 Å². The van der Waals surface area contributed by atoms with Gasteiger partial charge in [0.2, 0.25) is 0 Å². The van der Waals surface area contributed by atoms with E-state index in [4.69, 9.17) is 9.97 Å². The molecule has 15 aromatic rings. The van der Waals surface area contributed by atoms with Gasteiger partial charge >= 0.3 is 0 Å². The topological polar surface area (TPSA) is 57.4 Å². The van der Waals surface area contributed by atoms with E-state index >= 15 is 0 Å². The number of hydrogen-bond donors (Lipinski definition) is 2. The molecule has 3 aromatic heterocycles. The predicted octanol–water partition coefficient (Wildman–Crippen LogP) is 20.5. The van der Waals surface area contributed by atoms with Crippen LogP contribution in [0.3, 0.4) is 0 Å². The maximum Gasteiger partial charge on any atom is 0.0737 e. The number of nitrogens with zero attached hydrogens (tertiary/aromatic N) is 2. The van der Waals surface area contributed by atoms with Crippen LogP contribution >= 0.6 is 0 Å². The Morgan fingerprint density at radius 1 is 0.188 bits per heavy atom. The summed E-state index contributed by atoms with van der Waals surface area (Å²) < 4.78 is 0. The first-order valence-corrected chi connectivity index (χ1v) is 27.5. The molecular weight excluding hydrogens is 969 g/mol. The zero-order valence-corrected chi connectivity index (χ0v) is 43.3. The summed E-state index contributed by atoms with van der Waals surface area (Å²) in [5.41, 5.74) is 15.9. The molecule has 0 fully saturated rings. The van der Waals surface area contributed by atoms with Crippen LogP contribution in [-0.2, 0) is 0 Å². The molecule has 80 heavy (non-hydrogen) atoms. The summed E-state index contributed by atoms with van der Waals surface area (Å²) in [6.45, 7) is 0. The van der Waals surface area contributed by atoms with Gasteiger partial charge in [0.05, 0.1) is 22.8 Å². The molecule has 2 aliphatic heterocycles. The van der Waals surface area contributed by atoms with Crippen LogP contribution in [0.1, 0.15) is 22.8 Å². The van der Waals surface area contributed by atoms with Gasteiger partial charge < -0.3 is 9.97 Å². The molecule has 0 unspecified atom stereocenters. The molecule has 4 nitrogen and oxygen atoms in total.